The quantitative estimate of drug-likeness (QED) is 0.0867. The summed E-state index contributed by atoms with van der Waals surface area (Å²) in [5.74, 6) is 1.35. The van der Waals surface area contributed by atoms with Gasteiger partial charge in [-0.2, -0.15) is 0 Å². The van der Waals surface area contributed by atoms with Crippen molar-refractivity contribution in [1.29, 1.82) is 0 Å². The zero-order valence-corrected chi connectivity index (χ0v) is 60.8. The number of hydrogen-bond acceptors (Lipinski definition) is 11. The summed E-state index contributed by atoms with van der Waals surface area (Å²) >= 11 is 3.40. The van der Waals surface area contributed by atoms with Crippen molar-refractivity contribution in [3.05, 3.63) is 257 Å². The SMILES string of the molecule is Cc1ccccc1Br.Cc1ccccc1C1(N)CCCCC1=O.Cc1ccccc1C1([N+](=O)[O-])CCCCC1=O.Cc1ccccc1C1CCCCC1=O.Cc1ccccc1C1CCCCC1O.Cc1ccccc1[C@@]1(N)CCCCC1=O.Cc1ccccc1[C@]1(N)CCCCC1=O. The van der Waals surface area contributed by atoms with Crippen molar-refractivity contribution in [2.45, 2.75) is 243 Å². The minimum atomic E-state index is -1.50. The first-order chi connectivity index (χ1) is 46.9. The molecule has 7 atom stereocenters. The van der Waals surface area contributed by atoms with Crippen molar-refractivity contribution in [1.82, 2.24) is 0 Å². The Labute approximate surface area is 592 Å². The standard InChI is InChI=1S/C13H15NO3.3C13H17NO.C13H18O.C13H16O.C7H7Br/c1-10-6-2-3-7-11(10)13(14(16)17)9-5-4-8-12(13)15;3*1-10-6-2-3-7-11(10)13(14)9-5-4-8-12(13)15;2*1-10-6-2-3-7-11(10)12-8-4-5-9-13(12)14;1-6-4-2-3-5-7(6)8/h2-3,6-7H,4-5,8-9H2,1H3;3*2-3,6-7H,4-5,8-9,14H2,1H3;2-3,6-7,12-14H,4-5,8-9H2,1H3;2-3,6-7,12H,4-5,8-9H2,1H3;2-5H,1H3/t;2*13-;;;;/m.10..../s1. The Morgan fingerprint density at radius 3 is 1.05 bits per heavy atom. The highest BCUT2D eigenvalue weighted by atomic mass is 79.9. The van der Waals surface area contributed by atoms with Gasteiger partial charge in [0.25, 0.3) is 0 Å². The minimum Gasteiger partial charge on any atom is -0.392 e. The maximum Gasteiger partial charge on any atom is 0.304 e. The van der Waals surface area contributed by atoms with E-state index in [0.717, 1.165) is 142 Å². The number of halogens is 1. The molecule has 7 N–H and O–H groups in total. The van der Waals surface area contributed by atoms with Gasteiger partial charge in [-0.25, -0.2) is 0 Å². The molecule has 6 aliphatic rings. The van der Waals surface area contributed by atoms with Gasteiger partial charge in [-0.15, -0.1) is 0 Å². The van der Waals surface area contributed by atoms with Crippen LogP contribution in [-0.2, 0) is 46.1 Å². The van der Waals surface area contributed by atoms with Crippen molar-refractivity contribution in [3.8, 4) is 0 Å². The number of ketones is 5. The van der Waals surface area contributed by atoms with Gasteiger partial charge in [-0.05, 0) is 198 Å². The Morgan fingerprint density at radius 1 is 0.378 bits per heavy atom. The summed E-state index contributed by atoms with van der Waals surface area (Å²) < 4.78 is 1.18. The highest BCUT2D eigenvalue weighted by Gasteiger charge is 2.53. The second-order valence-electron chi connectivity index (χ2n) is 28.0. The largest absolute Gasteiger partial charge is 0.392 e. The van der Waals surface area contributed by atoms with E-state index in [-0.39, 0.29) is 35.2 Å². The van der Waals surface area contributed by atoms with Crippen molar-refractivity contribution < 1.29 is 34.0 Å². The van der Waals surface area contributed by atoms with E-state index in [9.17, 15) is 39.2 Å². The number of Topliss-reactive ketones (excluding diaryl/α,β-unsaturated/α-hetero) is 5. The van der Waals surface area contributed by atoms with Crippen molar-refractivity contribution in [2.75, 3.05) is 0 Å². The van der Waals surface area contributed by atoms with Gasteiger partial charge in [0.1, 0.15) is 22.4 Å². The molecule has 0 saturated heterocycles. The molecule has 0 heterocycles. The number of nitrogens with zero attached hydrogens (tertiary/aromatic N) is 1. The molecule has 0 bridgehead atoms. The first kappa shape index (κ1) is 78.0. The zero-order valence-electron chi connectivity index (χ0n) is 59.2. The second-order valence-corrected chi connectivity index (χ2v) is 28.9. The molecule has 13 rings (SSSR count). The molecule has 522 valence electrons. The lowest BCUT2D eigenvalue weighted by molar-refractivity contribution is -0.563. The van der Waals surface area contributed by atoms with E-state index in [0.29, 0.717) is 49.4 Å². The third kappa shape index (κ3) is 19.7. The van der Waals surface area contributed by atoms with Crippen LogP contribution in [0.4, 0.5) is 0 Å². The molecule has 6 saturated carbocycles. The monoisotopic (exact) mass is 1390 g/mol. The van der Waals surface area contributed by atoms with E-state index in [2.05, 4.69) is 79.2 Å². The fourth-order valence-electron chi connectivity index (χ4n) is 15.2. The van der Waals surface area contributed by atoms with Crippen LogP contribution in [0.25, 0.3) is 0 Å². The van der Waals surface area contributed by atoms with Crippen LogP contribution in [0.3, 0.4) is 0 Å². The predicted octanol–water partition coefficient (Wildman–Crippen LogP) is 18.5. The molecule has 0 aromatic heterocycles. The third-order valence-electron chi connectivity index (χ3n) is 21.1. The van der Waals surface area contributed by atoms with Gasteiger partial charge in [-0.1, -0.05) is 218 Å². The summed E-state index contributed by atoms with van der Waals surface area (Å²) in [5.41, 5.74) is 29.4. The summed E-state index contributed by atoms with van der Waals surface area (Å²) in [5, 5.41) is 21.4. The van der Waals surface area contributed by atoms with Crippen molar-refractivity contribution in [3.63, 3.8) is 0 Å². The average molecular weight is 1390 g/mol. The number of hydrogen-bond donors (Lipinski definition) is 4. The number of benzene rings is 7. The summed E-state index contributed by atoms with van der Waals surface area (Å²) in [6.07, 6.45) is 21.1. The molecule has 6 fully saturated rings. The highest BCUT2D eigenvalue weighted by molar-refractivity contribution is 9.10. The first-order valence-electron chi connectivity index (χ1n) is 35.8. The molecule has 98 heavy (non-hydrogen) atoms. The molecular weight excluding hydrogens is 1280 g/mol. The van der Waals surface area contributed by atoms with Gasteiger partial charge in [0.05, 0.1) is 6.10 Å². The van der Waals surface area contributed by atoms with Gasteiger partial charge in [0, 0.05) is 65.3 Å². The molecule has 0 aliphatic heterocycles. The van der Waals surface area contributed by atoms with E-state index in [1.807, 2.05) is 143 Å². The molecule has 6 aliphatic carbocycles. The Kier molecular flexibility index (Phi) is 29.6. The molecule has 0 radical (unpaired) electrons. The van der Waals surface area contributed by atoms with Crippen LogP contribution in [-0.4, -0.2) is 45.1 Å². The maximum absolute atomic E-state index is 12.1. The molecule has 0 amide bonds. The third-order valence-corrected chi connectivity index (χ3v) is 22.0. The summed E-state index contributed by atoms with van der Waals surface area (Å²) in [6, 6.07) is 55.8. The number of aliphatic hydroxyl groups excluding tert-OH is 1. The maximum atomic E-state index is 12.1. The van der Waals surface area contributed by atoms with Crippen LogP contribution >= 0.6 is 15.9 Å². The van der Waals surface area contributed by atoms with Crippen LogP contribution in [0.1, 0.15) is 238 Å². The van der Waals surface area contributed by atoms with E-state index in [1.54, 1.807) is 12.1 Å². The van der Waals surface area contributed by atoms with E-state index in [1.165, 1.54) is 51.6 Å². The lowest BCUT2D eigenvalue weighted by Gasteiger charge is -2.33. The van der Waals surface area contributed by atoms with Gasteiger partial charge in [0.2, 0.25) is 5.78 Å². The number of carbonyl (C=O) groups excluding carboxylic acids is 5. The summed E-state index contributed by atoms with van der Waals surface area (Å²) in [6.45, 7) is 14.2. The molecular formula is C85H107BrN4O8. The number of aryl methyl sites for hydroxylation is 7. The normalized spacial score (nSPS) is 24.4. The van der Waals surface area contributed by atoms with Crippen molar-refractivity contribution in [2.24, 2.45) is 17.2 Å². The molecule has 7 aromatic rings. The number of aliphatic hydroxyl groups is 1. The molecule has 7 aromatic carbocycles. The topological polar surface area (TPSA) is 227 Å². The van der Waals surface area contributed by atoms with Crippen LogP contribution in [0.15, 0.2) is 174 Å². The lowest BCUT2D eigenvalue weighted by Crippen LogP contribution is -2.47. The Bertz CT molecular complexity index is 3630. The minimum absolute atomic E-state index is 0.121. The number of carbonyl (C=O) groups is 5. The van der Waals surface area contributed by atoms with E-state index < -0.39 is 27.1 Å². The second kappa shape index (κ2) is 37.2. The molecule has 12 nitrogen and oxygen atoms in total. The van der Waals surface area contributed by atoms with Crippen molar-refractivity contribution >= 4 is 44.8 Å². The van der Waals surface area contributed by atoms with E-state index >= 15 is 0 Å². The van der Waals surface area contributed by atoms with Crippen LogP contribution in [0, 0.1) is 58.6 Å². The molecule has 13 heteroatoms. The fraction of sp³-hybridized carbons (Fsp3) is 0.447. The first-order valence-corrected chi connectivity index (χ1v) is 36.6. The van der Waals surface area contributed by atoms with Gasteiger partial charge in [0.15, 0.2) is 17.3 Å². The number of nitrogens with two attached hydrogens (primary N) is 3. The number of nitro groups is 1. The van der Waals surface area contributed by atoms with Gasteiger partial charge in [-0.3, -0.25) is 34.1 Å². The predicted molar refractivity (Wildman–Crippen MR) is 400 cm³/mol. The van der Waals surface area contributed by atoms with Gasteiger partial charge < -0.3 is 22.3 Å². The Hall–Kier alpha value is -7.39. The van der Waals surface area contributed by atoms with Crippen LogP contribution in [0.5, 0.6) is 0 Å². The van der Waals surface area contributed by atoms with Crippen LogP contribution < -0.4 is 17.2 Å². The number of rotatable bonds is 7. The van der Waals surface area contributed by atoms with Crippen LogP contribution in [0.2, 0.25) is 0 Å². The summed E-state index contributed by atoms with van der Waals surface area (Å²) in [7, 11) is 0. The summed E-state index contributed by atoms with van der Waals surface area (Å²) in [4.78, 5) is 70.7. The zero-order chi connectivity index (χ0) is 71.0. The smallest absolute Gasteiger partial charge is 0.304 e. The molecule has 5 unspecified atom stereocenters. The Balaban J connectivity index is 0.000000162. The van der Waals surface area contributed by atoms with Gasteiger partial charge >= 0.3 is 5.54 Å². The van der Waals surface area contributed by atoms with E-state index in [4.69, 9.17) is 17.2 Å². The highest BCUT2D eigenvalue weighted by Crippen LogP contribution is 2.41. The Morgan fingerprint density at radius 2 is 0.704 bits per heavy atom. The molecule has 0 spiro atoms. The lowest BCUT2D eigenvalue weighted by atomic mass is 9.74. The fourth-order valence-corrected chi connectivity index (χ4v) is 15.5. The average Bonchev–Trinajstić information content (AvgIpc) is 0.769.